The fourth-order valence-corrected chi connectivity index (χ4v) is 1.65. The van der Waals surface area contributed by atoms with E-state index in [-0.39, 0.29) is 17.3 Å². The Balaban J connectivity index is 2.78. The van der Waals surface area contributed by atoms with Crippen molar-refractivity contribution in [2.45, 2.75) is 19.5 Å². The van der Waals surface area contributed by atoms with Crippen LogP contribution in [0, 0.1) is 0 Å². The average Bonchev–Trinajstić information content (AvgIpc) is 2.20. The van der Waals surface area contributed by atoms with Crippen molar-refractivity contribution in [1.29, 1.82) is 0 Å². The zero-order valence-corrected chi connectivity index (χ0v) is 10.1. The summed E-state index contributed by atoms with van der Waals surface area (Å²) < 4.78 is 0. The fourth-order valence-electron chi connectivity index (χ4n) is 1.12. The lowest BCUT2D eigenvalue weighted by Crippen LogP contribution is -2.38. The van der Waals surface area contributed by atoms with Gasteiger partial charge in [-0.15, -0.1) is 0 Å². The third-order valence-electron chi connectivity index (χ3n) is 2.13. The molecule has 0 saturated carbocycles. The maximum atomic E-state index is 10.8. The van der Waals surface area contributed by atoms with Crippen molar-refractivity contribution < 1.29 is 9.90 Å². The van der Waals surface area contributed by atoms with Gasteiger partial charge in [-0.2, -0.15) is 0 Å². The minimum atomic E-state index is -0.489. The molecule has 1 rings (SSSR count). The molecule has 1 atom stereocenters. The van der Waals surface area contributed by atoms with Crippen molar-refractivity contribution in [2.24, 2.45) is 5.73 Å². The number of hydrogen-bond acceptors (Lipinski definition) is 3. The molecule has 0 aliphatic heterocycles. The third kappa shape index (κ3) is 3.27. The summed E-state index contributed by atoms with van der Waals surface area (Å²) in [5.41, 5.74) is 5.60. The number of rotatable bonds is 4. The zero-order valence-electron chi connectivity index (χ0n) is 8.63. The highest BCUT2D eigenvalue weighted by molar-refractivity contribution is 6.35. The highest BCUT2D eigenvalue weighted by atomic mass is 35.5. The van der Waals surface area contributed by atoms with Crippen LogP contribution in [-0.2, 0) is 11.3 Å². The number of carbonyl (C=O) groups is 1. The average molecular weight is 263 g/mol. The number of primary amides is 1. The molecule has 0 heterocycles. The number of phenols is 1. The summed E-state index contributed by atoms with van der Waals surface area (Å²) in [4.78, 5) is 10.8. The Hall–Kier alpha value is -0.970. The topological polar surface area (TPSA) is 75.3 Å². The predicted octanol–water partition coefficient (Wildman–Crippen LogP) is 1.66. The van der Waals surface area contributed by atoms with Crippen LogP contribution in [-0.4, -0.2) is 17.1 Å². The lowest BCUT2D eigenvalue weighted by atomic mass is 10.2. The van der Waals surface area contributed by atoms with Crippen LogP contribution < -0.4 is 11.1 Å². The van der Waals surface area contributed by atoms with Gasteiger partial charge < -0.3 is 16.2 Å². The number of hydrogen-bond donors (Lipinski definition) is 3. The molecule has 0 saturated heterocycles. The number of phenolic OH excluding ortho intramolecular Hbond substituents is 1. The van der Waals surface area contributed by atoms with Crippen LogP contribution in [0.5, 0.6) is 5.75 Å². The highest BCUT2D eigenvalue weighted by Crippen LogP contribution is 2.30. The molecule has 0 bridgehead atoms. The molecular weight excluding hydrogens is 251 g/mol. The standard InChI is InChI=1S/C10H12Cl2N2O2/c1-5(10(13)16)14-4-6-2-7(11)3-8(12)9(6)15/h2-3,5,14-15H,4H2,1H3,(H2,13,16). The van der Waals surface area contributed by atoms with Gasteiger partial charge in [-0.3, -0.25) is 4.79 Å². The fraction of sp³-hybridized carbons (Fsp3) is 0.300. The summed E-state index contributed by atoms with van der Waals surface area (Å²) in [5, 5.41) is 13.1. The van der Waals surface area contributed by atoms with Crippen LogP contribution >= 0.6 is 23.2 Å². The SMILES string of the molecule is CC(NCc1cc(Cl)cc(Cl)c1O)C(N)=O. The molecule has 0 radical (unpaired) electrons. The lowest BCUT2D eigenvalue weighted by Gasteiger charge is -2.12. The van der Waals surface area contributed by atoms with Crippen LogP contribution in [0.3, 0.4) is 0 Å². The van der Waals surface area contributed by atoms with Crippen LogP contribution in [0.1, 0.15) is 12.5 Å². The number of nitrogens with one attached hydrogen (secondary N) is 1. The van der Waals surface area contributed by atoms with Crippen LogP contribution in [0.4, 0.5) is 0 Å². The minimum absolute atomic E-state index is 0.0461. The second-order valence-electron chi connectivity index (χ2n) is 3.40. The summed E-state index contributed by atoms with van der Waals surface area (Å²) in [5.74, 6) is -0.511. The highest BCUT2D eigenvalue weighted by Gasteiger charge is 2.11. The zero-order chi connectivity index (χ0) is 12.3. The van der Waals surface area contributed by atoms with Gasteiger partial charge in [-0.05, 0) is 19.1 Å². The van der Waals surface area contributed by atoms with Crippen molar-refractivity contribution in [3.8, 4) is 5.75 Å². The van der Waals surface area contributed by atoms with Gasteiger partial charge in [0.05, 0.1) is 11.1 Å². The molecule has 0 aliphatic rings. The Labute approximate surface area is 103 Å². The Morgan fingerprint density at radius 1 is 1.56 bits per heavy atom. The van der Waals surface area contributed by atoms with E-state index in [1.165, 1.54) is 6.07 Å². The number of amides is 1. The van der Waals surface area contributed by atoms with E-state index in [4.69, 9.17) is 28.9 Å². The van der Waals surface area contributed by atoms with Crippen LogP contribution in [0.15, 0.2) is 12.1 Å². The molecule has 16 heavy (non-hydrogen) atoms. The molecule has 4 N–H and O–H groups in total. The molecular formula is C10H12Cl2N2O2. The van der Waals surface area contributed by atoms with Crippen molar-refractivity contribution >= 4 is 29.1 Å². The molecule has 6 heteroatoms. The molecule has 0 spiro atoms. The number of halogens is 2. The van der Waals surface area contributed by atoms with Crippen LogP contribution in [0.25, 0.3) is 0 Å². The lowest BCUT2D eigenvalue weighted by molar-refractivity contribution is -0.119. The Bertz CT molecular complexity index is 410. The maximum absolute atomic E-state index is 10.8. The molecule has 1 aromatic carbocycles. The van der Waals surface area contributed by atoms with Gasteiger partial charge in [0.15, 0.2) is 0 Å². The predicted molar refractivity (Wildman–Crippen MR) is 63.6 cm³/mol. The third-order valence-corrected chi connectivity index (χ3v) is 2.64. The first-order chi connectivity index (χ1) is 7.41. The number of nitrogens with two attached hydrogens (primary N) is 1. The summed E-state index contributed by atoms with van der Waals surface area (Å²) in [6.07, 6.45) is 0. The van der Waals surface area contributed by atoms with E-state index in [1.54, 1.807) is 13.0 Å². The minimum Gasteiger partial charge on any atom is -0.506 e. The first-order valence-corrected chi connectivity index (χ1v) is 5.37. The summed E-state index contributed by atoms with van der Waals surface area (Å²) >= 11 is 11.5. The van der Waals surface area contributed by atoms with Gasteiger partial charge in [0, 0.05) is 17.1 Å². The largest absolute Gasteiger partial charge is 0.506 e. The van der Waals surface area contributed by atoms with Crippen LogP contribution in [0.2, 0.25) is 10.0 Å². The van der Waals surface area contributed by atoms with Gasteiger partial charge in [0.25, 0.3) is 0 Å². The number of benzene rings is 1. The number of aromatic hydroxyl groups is 1. The maximum Gasteiger partial charge on any atom is 0.234 e. The quantitative estimate of drug-likeness (QED) is 0.773. The number of carbonyl (C=O) groups excluding carboxylic acids is 1. The van der Waals surface area contributed by atoms with Gasteiger partial charge in [-0.25, -0.2) is 0 Å². The second-order valence-corrected chi connectivity index (χ2v) is 4.24. The first-order valence-electron chi connectivity index (χ1n) is 4.61. The van der Waals surface area contributed by atoms with E-state index >= 15 is 0 Å². The summed E-state index contributed by atoms with van der Waals surface area (Å²) in [6.45, 7) is 1.89. The molecule has 0 aromatic heterocycles. The van der Waals surface area contributed by atoms with Gasteiger partial charge in [-0.1, -0.05) is 23.2 Å². The van der Waals surface area contributed by atoms with Gasteiger partial charge >= 0.3 is 0 Å². The molecule has 1 aromatic rings. The monoisotopic (exact) mass is 262 g/mol. The van der Waals surface area contributed by atoms with Crippen molar-refractivity contribution in [3.05, 3.63) is 27.7 Å². The Morgan fingerprint density at radius 2 is 2.19 bits per heavy atom. The molecule has 0 fully saturated rings. The Morgan fingerprint density at radius 3 is 2.75 bits per heavy atom. The molecule has 4 nitrogen and oxygen atoms in total. The van der Waals surface area contributed by atoms with E-state index < -0.39 is 11.9 Å². The van der Waals surface area contributed by atoms with Gasteiger partial charge in [0.1, 0.15) is 5.75 Å². The van der Waals surface area contributed by atoms with E-state index in [0.717, 1.165) is 0 Å². The summed E-state index contributed by atoms with van der Waals surface area (Å²) in [6, 6.07) is 2.53. The van der Waals surface area contributed by atoms with E-state index in [9.17, 15) is 9.90 Å². The van der Waals surface area contributed by atoms with E-state index in [1.807, 2.05) is 0 Å². The molecule has 0 aliphatic carbocycles. The molecule has 88 valence electrons. The Kier molecular flexibility index (Phi) is 4.41. The van der Waals surface area contributed by atoms with Crippen molar-refractivity contribution in [2.75, 3.05) is 0 Å². The smallest absolute Gasteiger partial charge is 0.234 e. The van der Waals surface area contributed by atoms with E-state index in [0.29, 0.717) is 10.6 Å². The normalized spacial score (nSPS) is 12.4. The first kappa shape index (κ1) is 13.1. The molecule has 1 amide bonds. The van der Waals surface area contributed by atoms with Gasteiger partial charge in [0.2, 0.25) is 5.91 Å². The molecule has 1 unspecified atom stereocenters. The van der Waals surface area contributed by atoms with Crippen molar-refractivity contribution in [3.63, 3.8) is 0 Å². The summed E-state index contributed by atoms with van der Waals surface area (Å²) in [7, 11) is 0. The van der Waals surface area contributed by atoms with Crippen molar-refractivity contribution in [1.82, 2.24) is 5.32 Å². The second kappa shape index (κ2) is 5.39. The van der Waals surface area contributed by atoms with E-state index in [2.05, 4.69) is 5.32 Å².